The van der Waals surface area contributed by atoms with E-state index in [1.165, 1.54) is 16.0 Å². The van der Waals surface area contributed by atoms with E-state index in [4.69, 9.17) is 23.2 Å². The Morgan fingerprint density at radius 3 is 2.64 bits per heavy atom. The molecule has 0 bridgehead atoms. The maximum absolute atomic E-state index is 12.7. The summed E-state index contributed by atoms with van der Waals surface area (Å²) in [7, 11) is 0. The molecule has 0 saturated carbocycles. The van der Waals surface area contributed by atoms with Gasteiger partial charge in [0.1, 0.15) is 9.53 Å². The standard InChI is InChI=1S/C15H7Cl2N3OS/c16-8-1-3-9(4-2-8)20-15(21)13-10(7-19-20)12-11(17)5-6-18-14(12)22-13/h1-7H. The lowest BCUT2D eigenvalue weighted by Crippen LogP contribution is -2.19. The maximum atomic E-state index is 12.7. The summed E-state index contributed by atoms with van der Waals surface area (Å²) in [4.78, 5) is 17.7. The quantitative estimate of drug-likeness (QED) is 0.515. The summed E-state index contributed by atoms with van der Waals surface area (Å²) in [5, 5.41) is 6.93. The van der Waals surface area contributed by atoms with E-state index in [1.54, 1.807) is 42.7 Å². The van der Waals surface area contributed by atoms with Crippen LogP contribution in [0.3, 0.4) is 0 Å². The van der Waals surface area contributed by atoms with Gasteiger partial charge >= 0.3 is 0 Å². The highest BCUT2D eigenvalue weighted by molar-refractivity contribution is 7.25. The first-order valence-corrected chi connectivity index (χ1v) is 7.93. The van der Waals surface area contributed by atoms with Gasteiger partial charge in [0.25, 0.3) is 5.56 Å². The van der Waals surface area contributed by atoms with E-state index in [9.17, 15) is 4.79 Å². The Labute approximate surface area is 138 Å². The molecule has 0 amide bonds. The Morgan fingerprint density at radius 2 is 1.86 bits per heavy atom. The molecule has 108 valence electrons. The Bertz CT molecular complexity index is 1070. The molecule has 0 unspecified atom stereocenters. The van der Waals surface area contributed by atoms with Gasteiger partial charge in [-0.05, 0) is 30.3 Å². The Morgan fingerprint density at radius 1 is 1.09 bits per heavy atom. The van der Waals surface area contributed by atoms with Gasteiger partial charge in [0.2, 0.25) is 0 Å². The van der Waals surface area contributed by atoms with Crippen LogP contribution in [0.25, 0.3) is 26.0 Å². The average molecular weight is 348 g/mol. The number of aromatic nitrogens is 3. The van der Waals surface area contributed by atoms with Crippen LogP contribution in [-0.2, 0) is 0 Å². The van der Waals surface area contributed by atoms with E-state index in [2.05, 4.69) is 10.1 Å². The van der Waals surface area contributed by atoms with E-state index < -0.39 is 0 Å². The van der Waals surface area contributed by atoms with E-state index >= 15 is 0 Å². The van der Waals surface area contributed by atoms with Crippen molar-refractivity contribution in [2.24, 2.45) is 0 Å². The number of thiophene rings is 1. The normalized spacial score (nSPS) is 11.4. The highest BCUT2D eigenvalue weighted by Crippen LogP contribution is 2.34. The second-order valence-electron chi connectivity index (χ2n) is 4.66. The van der Waals surface area contributed by atoms with Crippen molar-refractivity contribution in [3.63, 3.8) is 0 Å². The van der Waals surface area contributed by atoms with E-state index in [-0.39, 0.29) is 5.56 Å². The third kappa shape index (κ3) is 2.01. The van der Waals surface area contributed by atoms with Gasteiger partial charge < -0.3 is 0 Å². The fourth-order valence-corrected chi connectivity index (χ4v) is 3.82. The van der Waals surface area contributed by atoms with Crippen LogP contribution in [0.2, 0.25) is 10.0 Å². The molecule has 7 heteroatoms. The lowest BCUT2D eigenvalue weighted by Gasteiger charge is -2.04. The van der Waals surface area contributed by atoms with Gasteiger partial charge in [-0.3, -0.25) is 4.79 Å². The van der Waals surface area contributed by atoms with Crippen LogP contribution in [-0.4, -0.2) is 14.8 Å². The number of hydrogen-bond acceptors (Lipinski definition) is 4. The third-order valence-electron chi connectivity index (χ3n) is 3.34. The monoisotopic (exact) mass is 347 g/mol. The molecule has 0 saturated heterocycles. The van der Waals surface area contributed by atoms with Crippen molar-refractivity contribution in [3.05, 3.63) is 63.1 Å². The molecule has 0 aliphatic rings. The van der Waals surface area contributed by atoms with Crippen LogP contribution >= 0.6 is 34.5 Å². The zero-order valence-corrected chi connectivity index (χ0v) is 13.3. The molecule has 0 N–H and O–H groups in total. The SMILES string of the molecule is O=c1c2sc3nccc(Cl)c3c2cnn1-c1ccc(Cl)cc1. The third-order valence-corrected chi connectivity index (χ3v) is 5.01. The second kappa shape index (κ2) is 5.05. The molecule has 0 fully saturated rings. The molecule has 0 aliphatic carbocycles. The van der Waals surface area contributed by atoms with E-state index in [0.29, 0.717) is 20.4 Å². The molecule has 0 atom stereocenters. The molecule has 3 heterocycles. The summed E-state index contributed by atoms with van der Waals surface area (Å²) in [5.41, 5.74) is 0.465. The van der Waals surface area contributed by atoms with Crippen LogP contribution < -0.4 is 5.56 Å². The van der Waals surface area contributed by atoms with Crippen LogP contribution in [0.1, 0.15) is 0 Å². The van der Waals surface area contributed by atoms with Gasteiger partial charge in [0.05, 0.1) is 16.9 Å². The van der Waals surface area contributed by atoms with Crippen molar-refractivity contribution in [3.8, 4) is 5.69 Å². The predicted molar refractivity (Wildman–Crippen MR) is 90.5 cm³/mol. The summed E-state index contributed by atoms with van der Waals surface area (Å²) in [6.07, 6.45) is 3.28. The summed E-state index contributed by atoms with van der Waals surface area (Å²) in [5.74, 6) is 0. The maximum Gasteiger partial charge on any atom is 0.289 e. The van der Waals surface area contributed by atoms with Crippen molar-refractivity contribution in [2.75, 3.05) is 0 Å². The highest BCUT2D eigenvalue weighted by Gasteiger charge is 2.14. The zero-order chi connectivity index (χ0) is 15.3. The van der Waals surface area contributed by atoms with Gasteiger partial charge in [-0.25, -0.2) is 4.98 Å². The molecule has 1 aromatic carbocycles. The Kier molecular flexibility index (Phi) is 3.14. The van der Waals surface area contributed by atoms with Crippen molar-refractivity contribution in [1.82, 2.24) is 14.8 Å². The first kappa shape index (κ1) is 13.7. The number of benzene rings is 1. The van der Waals surface area contributed by atoms with Crippen LogP contribution in [0.4, 0.5) is 0 Å². The number of hydrogen-bond donors (Lipinski definition) is 0. The Balaban J connectivity index is 2.06. The molecular weight excluding hydrogens is 341 g/mol. The van der Waals surface area contributed by atoms with Gasteiger partial charge in [0, 0.05) is 22.0 Å². The predicted octanol–water partition coefficient (Wildman–Crippen LogP) is 4.30. The second-order valence-corrected chi connectivity index (χ2v) is 6.50. The molecule has 4 aromatic rings. The van der Waals surface area contributed by atoms with Crippen molar-refractivity contribution in [2.45, 2.75) is 0 Å². The highest BCUT2D eigenvalue weighted by atomic mass is 35.5. The molecule has 22 heavy (non-hydrogen) atoms. The van der Waals surface area contributed by atoms with Crippen molar-refractivity contribution in [1.29, 1.82) is 0 Å². The minimum Gasteiger partial charge on any atom is -0.266 e. The van der Waals surface area contributed by atoms with Crippen molar-refractivity contribution < 1.29 is 0 Å². The van der Waals surface area contributed by atoms with Gasteiger partial charge in [-0.2, -0.15) is 9.78 Å². The van der Waals surface area contributed by atoms with Crippen LogP contribution in [0, 0.1) is 0 Å². The lowest BCUT2D eigenvalue weighted by molar-refractivity contribution is 0.823. The summed E-state index contributed by atoms with van der Waals surface area (Å²) >= 11 is 13.4. The number of pyridine rings is 1. The Hall–Kier alpha value is -1.95. The number of nitrogens with zero attached hydrogens (tertiary/aromatic N) is 3. The van der Waals surface area contributed by atoms with Crippen LogP contribution in [0.15, 0.2) is 47.5 Å². The first-order valence-electron chi connectivity index (χ1n) is 6.36. The van der Waals surface area contributed by atoms with E-state index in [1.807, 2.05) is 0 Å². The minimum atomic E-state index is -0.195. The number of fused-ring (bicyclic) bond motifs is 3. The number of rotatable bonds is 1. The van der Waals surface area contributed by atoms with Gasteiger partial charge in [0.15, 0.2) is 0 Å². The van der Waals surface area contributed by atoms with Crippen LogP contribution in [0.5, 0.6) is 0 Å². The summed E-state index contributed by atoms with van der Waals surface area (Å²) in [6, 6.07) is 8.65. The molecule has 3 aromatic heterocycles. The van der Waals surface area contributed by atoms with Gasteiger partial charge in [-0.1, -0.05) is 23.2 Å². The van der Waals surface area contributed by atoms with Gasteiger partial charge in [-0.15, -0.1) is 11.3 Å². The average Bonchev–Trinajstić information content (AvgIpc) is 2.90. The first-order chi connectivity index (χ1) is 10.6. The molecule has 4 nitrogen and oxygen atoms in total. The number of halogens is 2. The topological polar surface area (TPSA) is 47.8 Å². The molecule has 0 radical (unpaired) electrons. The minimum absolute atomic E-state index is 0.195. The summed E-state index contributed by atoms with van der Waals surface area (Å²) < 4.78 is 1.93. The fourth-order valence-electron chi connectivity index (χ4n) is 2.32. The lowest BCUT2D eigenvalue weighted by atomic mass is 10.2. The molecule has 0 aliphatic heterocycles. The largest absolute Gasteiger partial charge is 0.289 e. The summed E-state index contributed by atoms with van der Waals surface area (Å²) in [6.45, 7) is 0. The smallest absolute Gasteiger partial charge is 0.266 e. The van der Waals surface area contributed by atoms with Crippen molar-refractivity contribution >= 4 is 54.8 Å². The molecular formula is C15H7Cl2N3OS. The molecule has 0 spiro atoms. The fraction of sp³-hybridized carbons (Fsp3) is 0. The zero-order valence-electron chi connectivity index (χ0n) is 11.0. The van der Waals surface area contributed by atoms with E-state index in [0.717, 1.165) is 15.6 Å². The molecule has 4 rings (SSSR count).